The van der Waals surface area contributed by atoms with Crippen molar-refractivity contribution in [3.05, 3.63) is 29.8 Å². The first-order chi connectivity index (χ1) is 11.1. The minimum absolute atomic E-state index is 0.115. The summed E-state index contributed by atoms with van der Waals surface area (Å²) in [6, 6.07) is 6.92. The van der Waals surface area contributed by atoms with E-state index in [-0.39, 0.29) is 5.91 Å². The highest BCUT2D eigenvalue weighted by molar-refractivity contribution is 5.97. The largest absolute Gasteiger partial charge is 0.415 e. The predicted molar refractivity (Wildman–Crippen MR) is 91.9 cm³/mol. The van der Waals surface area contributed by atoms with Gasteiger partial charge < -0.3 is 14.5 Å². The molecule has 0 aliphatic rings. The van der Waals surface area contributed by atoms with Crippen LogP contribution >= 0.6 is 0 Å². The smallest absolute Gasteiger partial charge is 0.409 e. The number of para-hydroxylation sites is 1. The highest BCUT2D eigenvalue weighted by Gasteiger charge is 2.21. The minimum Gasteiger partial charge on any atom is -0.409 e. The molecule has 0 spiro atoms. The summed E-state index contributed by atoms with van der Waals surface area (Å²) in [6.07, 6.45) is 1.35. The second-order valence-corrected chi connectivity index (χ2v) is 5.33. The van der Waals surface area contributed by atoms with Crippen molar-refractivity contribution in [3.63, 3.8) is 0 Å². The molecule has 0 saturated carbocycles. The normalized spacial score (nSPS) is 10.3. The Labute approximate surface area is 139 Å². The van der Waals surface area contributed by atoms with Gasteiger partial charge in [-0.2, -0.15) is 0 Å². The molecule has 0 aromatic heterocycles. The Hall–Kier alpha value is -2.04. The first-order valence-corrected chi connectivity index (χ1v) is 8.43. The lowest BCUT2D eigenvalue weighted by molar-refractivity contribution is 0.0769. The third-order valence-corrected chi connectivity index (χ3v) is 3.61. The first-order valence-electron chi connectivity index (χ1n) is 8.43. The van der Waals surface area contributed by atoms with Crippen LogP contribution in [0.5, 0.6) is 5.75 Å². The lowest BCUT2D eigenvalue weighted by Crippen LogP contribution is -2.36. The predicted octanol–water partition coefficient (Wildman–Crippen LogP) is 3.79. The molecule has 0 heterocycles. The number of rotatable bonds is 8. The van der Waals surface area contributed by atoms with Gasteiger partial charge >= 0.3 is 6.09 Å². The second-order valence-electron chi connectivity index (χ2n) is 5.33. The number of carbonyl (C=O) groups is 2. The van der Waals surface area contributed by atoms with E-state index in [0.29, 0.717) is 37.5 Å². The monoisotopic (exact) mass is 320 g/mol. The Morgan fingerprint density at radius 2 is 1.48 bits per heavy atom. The molecule has 1 aromatic rings. The summed E-state index contributed by atoms with van der Waals surface area (Å²) in [5.74, 6) is 0.211. The molecule has 2 amide bonds. The molecular weight excluding hydrogens is 292 g/mol. The number of hydrogen-bond donors (Lipinski definition) is 0. The summed E-state index contributed by atoms with van der Waals surface area (Å²) < 4.78 is 5.51. The fraction of sp³-hybridized carbons (Fsp3) is 0.556. The van der Waals surface area contributed by atoms with E-state index < -0.39 is 6.09 Å². The van der Waals surface area contributed by atoms with Gasteiger partial charge in [0.2, 0.25) is 0 Å². The third kappa shape index (κ3) is 5.27. The van der Waals surface area contributed by atoms with Gasteiger partial charge in [-0.1, -0.05) is 26.0 Å². The van der Waals surface area contributed by atoms with Crippen molar-refractivity contribution >= 4 is 12.0 Å². The van der Waals surface area contributed by atoms with Gasteiger partial charge in [0.25, 0.3) is 5.91 Å². The number of nitrogens with zero attached hydrogens (tertiary/aromatic N) is 2. The van der Waals surface area contributed by atoms with Gasteiger partial charge in [-0.3, -0.25) is 4.79 Å². The maximum absolute atomic E-state index is 12.6. The minimum atomic E-state index is -0.395. The van der Waals surface area contributed by atoms with Crippen molar-refractivity contribution < 1.29 is 14.3 Å². The zero-order valence-electron chi connectivity index (χ0n) is 14.7. The van der Waals surface area contributed by atoms with Crippen LogP contribution in [0.2, 0.25) is 0 Å². The Morgan fingerprint density at radius 3 is 2.00 bits per heavy atom. The Kier molecular flexibility index (Phi) is 8.16. The molecule has 1 rings (SSSR count). The lowest BCUT2D eigenvalue weighted by Gasteiger charge is -2.23. The summed E-state index contributed by atoms with van der Waals surface area (Å²) in [7, 11) is 0. The molecule has 0 saturated heterocycles. The van der Waals surface area contributed by atoms with Crippen molar-refractivity contribution in [2.75, 3.05) is 26.2 Å². The molecule has 5 nitrogen and oxygen atoms in total. The fourth-order valence-corrected chi connectivity index (χ4v) is 2.41. The zero-order chi connectivity index (χ0) is 17.2. The van der Waals surface area contributed by atoms with Crippen LogP contribution in [-0.2, 0) is 0 Å². The van der Waals surface area contributed by atoms with Crippen molar-refractivity contribution in [1.82, 2.24) is 9.80 Å². The average Bonchev–Trinajstić information content (AvgIpc) is 2.56. The molecule has 0 unspecified atom stereocenters. The van der Waals surface area contributed by atoms with Crippen LogP contribution in [-0.4, -0.2) is 48.0 Å². The van der Waals surface area contributed by atoms with E-state index in [1.54, 1.807) is 34.1 Å². The van der Waals surface area contributed by atoms with Gasteiger partial charge in [0.15, 0.2) is 0 Å². The van der Waals surface area contributed by atoms with Crippen LogP contribution in [0.4, 0.5) is 4.79 Å². The lowest BCUT2D eigenvalue weighted by atomic mass is 10.1. The van der Waals surface area contributed by atoms with Gasteiger partial charge in [-0.15, -0.1) is 0 Å². The standard InChI is InChI=1S/C18H28N2O3/c1-5-13-20(14-6-2)18(22)23-16-12-10-9-11-15(16)17(21)19(7-3)8-4/h9-12H,5-8,13-14H2,1-4H3. The van der Waals surface area contributed by atoms with Gasteiger partial charge in [0.1, 0.15) is 5.75 Å². The summed E-state index contributed by atoms with van der Waals surface area (Å²) in [6.45, 7) is 10.4. The van der Waals surface area contributed by atoms with E-state index in [2.05, 4.69) is 0 Å². The molecule has 0 N–H and O–H groups in total. The molecule has 1 aromatic carbocycles. The SMILES string of the molecule is CCCN(CCC)C(=O)Oc1ccccc1C(=O)N(CC)CC. The molecule has 0 aliphatic heterocycles. The van der Waals surface area contributed by atoms with E-state index in [1.807, 2.05) is 27.7 Å². The Bertz CT molecular complexity index is 507. The highest BCUT2D eigenvalue weighted by Crippen LogP contribution is 2.21. The maximum atomic E-state index is 12.6. The fourth-order valence-electron chi connectivity index (χ4n) is 2.41. The third-order valence-electron chi connectivity index (χ3n) is 3.61. The van der Waals surface area contributed by atoms with Crippen LogP contribution in [0.1, 0.15) is 50.9 Å². The van der Waals surface area contributed by atoms with E-state index in [4.69, 9.17) is 4.74 Å². The number of ether oxygens (including phenoxy) is 1. The molecular formula is C18H28N2O3. The van der Waals surface area contributed by atoms with Gasteiger partial charge in [-0.25, -0.2) is 4.79 Å². The van der Waals surface area contributed by atoms with Gasteiger partial charge in [-0.05, 0) is 38.8 Å². The van der Waals surface area contributed by atoms with Crippen LogP contribution < -0.4 is 4.74 Å². The molecule has 0 aliphatic carbocycles. The van der Waals surface area contributed by atoms with Crippen LogP contribution in [0.25, 0.3) is 0 Å². The summed E-state index contributed by atoms with van der Waals surface area (Å²) in [4.78, 5) is 28.3. The molecule has 0 fully saturated rings. The van der Waals surface area contributed by atoms with Crippen molar-refractivity contribution in [3.8, 4) is 5.75 Å². The topological polar surface area (TPSA) is 49.9 Å². The summed E-state index contributed by atoms with van der Waals surface area (Å²) >= 11 is 0. The first kappa shape index (κ1) is 19.0. The van der Waals surface area contributed by atoms with Crippen LogP contribution in [0.3, 0.4) is 0 Å². The van der Waals surface area contributed by atoms with Crippen molar-refractivity contribution in [2.45, 2.75) is 40.5 Å². The quantitative estimate of drug-likeness (QED) is 0.732. The number of hydrogen-bond acceptors (Lipinski definition) is 3. The van der Waals surface area contributed by atoms with Crippen molar-refractivity contribution in [1.29, 1.82) is 0 Å². The summed E-state index contributed by atoms with van der Waals surface area (Å²) in [5.41, 5.74) is 0.428. The van der Waals surface area contributed by atoms with E-state index in [1.165, 1.54) is 0 Å². The molecule has 0 bridgehead atoms. The van der Waals surface area contributed by atoms with Gasteiger partial charge in [0, 0.05) is 26.2 Å². The molecule has 0 atom stereocenters. The Morgan fingerprint density at radius 1 is 0.913 bits per heavy atom. The van der Waals surface area contributed by atoms with Gasteiger partial charge in [0.05, 0.1) is 5.56 Å². The van der Waals surface area contributed by atoms with E-state index >= 15 is 0 Å². The molecule has 0 radical (unpaired) electrons. The Balaban J connectivity index is 2.96. The molecule has 128 valence electrons. The summed E-state index contributed by atoms with van der Waals surface area (Å²) in [5, 5.41) is 0. The number of amides is 2. The zero-order valence-corrected chi connectivity index (χ0v) is 14.7. The number of carbonyl (C=O) groups excluding carboxylic acids is 2. The molecule has 23 heavy (non-hydrogen) atoms. The maximum Gasteiger partial charge on any atom is 0.415 e. The van der Waals surface area contributed by atoms with Crippen LogP contribution in [0, 0.1) is 0 Å². The van der Waals surface area contributed by atoms with E-state index in [0.717, 1.165) is 12.8 Å². The van der Waals surface area contributed by atoms with Crippen molar-refractivity contribution in [2.24, 2.45) is 0 Å². The average molecular weight is 320 g/mol. The van der Waals surface area contributed by atoms with Crippen LogP contribution in [0.15, 0.2) is 24.3 Å². The molecule has 5 heteroatoms. The number of benzene rings is 1. The second kappa shape index (κ2) is 9.87. The van der Waals surface area contributed by atoms with E-state index in [9.17, 15) is 9.59 Å². The highest BCUT2D eigenvalue weighted by atomic mass is 16.6.